The van der Waals surface area contributed by atoms with Crippen LogP contribution in [0.25, 0.3) is 16.5 Å². The van der Waals surface area contributed by atoms with Gasteiger partial charge in [0, 0.05) is 11.1 Å². The summed E-state index contributed by atoms with van der Waals surface area (Å²) in [4.78, 5) is 25.1. The van der Waals surface area contributed by atoms with Crippen LogP contribution in [0.4, 0.5) is 14.9 Å². The topological polar surface area (TPSA) is 118 Å². The molecule has 1 aromatic heterocycles. The Balaban J connectivity index is 1.61. The normalized spacial score (nSPS) is 16.0. The van der Waals surface area contributed by atoms with Crippen molar-refractivity contribution in [3.63, 3.8) is 0 Å². The van der Waals surface area contributed by atoms with Crippen molar-refractivity contribution < 1.29 is 22.7 Å². The molecular weight excluding hydrogens is 493 g/mol. The minimum atomic E-state index is -4.10. The number of benzene rings is 2. The Hall–Kier alpha value is -3.02. The zero-order valence-corrected chi connectivity index (χ0v) is 19.4. The summed E-state index contributed by atoms with van der Waals surface area (Å²) < 4.78 is 41.8. The molecule has 0 bridgehead atoms. The number of fused-ring (bicyclic) bond motifs is 1. The zero-order chi connectivity index (χ0) is 23.9. The van der Waals surface area contributed by atoms with Gasteiger partial charge < -0.3 is 10.4 Å². The number of alkyl halides is 1. The van der Waals surface area contributed by atoms with Crippen molar-refractivity contribution in [2.45, 2.75) is 18.1 Å². The number of rotatable bonds is 4. The summed E-state index contributed by atoms with van der Waals surface area (Å²) in [6.45, 7) is 1.48. The average molecular weight is 510 g/mol. The quantitative estimate of drug-likeness (QED) is 0.455. The molecule has 0 spiro atoms. The number of hydrogen-bond acceptors (Lipinski definition) is 6. The van der Waals surface area contributed by atoms with Crippen LogP contribution < -0.4 is 15.6 Å². The summed E-state index contributed by atoms with van der Waals surface area (Å²) >= 11 is 6.77. The fraction of sp³-hybridized carbons (Fsp3) is 0.143. The Labute approximate surface area is 197 Å². The number of carbonyl (C=O) groups excluding carboxylic acids is 1. The lowest BCUT2D eigenvalue weighted by atomic mass is 10.1. The lowest BCUT2D eigenvalue weighted by Gasteiger charge is -2.15. The van der Waals surface area contributed by atoms with E-state index in [1.54, 1.807) is 18.2 Å². The van der Waals surface area contributed by atoms with Gasteiger partial charge in [-0.05, 0) is 37.6 Å². The highest BCUT2D eigenvalue weighted by Gasteiger charge is 2.28. The van der Waals surface area contributed by atoms with Crippen LogP contribution in [0.15, 0.2) is 57.6 Å². The van der Waals surface area contributed by atoms with E-state index in [-0.39, 0.29) is 32.4 Å². The fourth-order valence-corrected chi connectivity index (χ4v) is 6.28. The number of anilines is 1. The summed E-state index contributed by atoms with van der Waals surface area (Å²) in [5.74, 6) is -1.02. The maximum absolute atomic E-state index is 14.9. The van der Waals surface area contributed by atoms with Crippen LogP contribution in [0.5, 0.6) is 5.75 Å². The van der Waals surface area contributed by atoms with Crippen molar-refractivity contribution in [1.29, 1.82) is 0 Å². The summed E-state index contributed by atoms with van der Waals surface area (Å²) in [6, 6.07) is 8.83. The Morgan fingerprint density at radius 2 is 1.94 bits per heavy atom. The second-order valence-corrected chi connectivity index (χ2v) is 11.1. The van der Waals surface area contributed by atoms with E-state index in [0.29, 0.717) is 11.8 Å². The van der Waals surface area contributed by atoms with E-state index in [0.717, 1.165) is 22.4 Å². The van der Waals surface area contributed by atoms with Crippen molar-refractivity contribution in [2.24, 2.45) is 0 Å². The molecule has 0 aliphatic carbocycles. The number of nitrogens with zero attached hydrogens (tertiary/aromatic N) is 1. The van der Waals surface area contributed by atoms with Crippen molar-refractivity contribution in [3.8, 4) is 11.4 Å². The first-order valence-corrected chi connectivity index (χ1v) is 12.4. The number of sulfonamides is 1. The molecule has 1 unspecified atom stereocenters. The summed E-state index contributed by atoms with van der Waals surface area (Å²) in [5.41, 5.74) is -0.563. The number of amides is 2. The minimum Gasteiger partial charge on any atom is -0.505 e. The number of aromatic hydroxyl groups is 1. The maximum Gasteiger partial charge on any atom is 0.333 e. The number of halogens is 2. The van der Waals surface area contributed by atoms with Crippen molar-refractivity contribution in [3.05, 3.63) is 74.6 Å². The second-order valence-electron chi connectivity index (χ2n) is 7.13. The molecule has 0 saturated heterocycles. The zero-order valence-electron chi connectivity index (χ0n) is 17.0. The summed E-state index contributed by atoms with van der Waals surface area (Å²) in [7, 11) is -4.10. The second kappa shape index (κ2) is 8.73. The molecule has 33 heavy (non-hydrogen) atoms. The van der Waals surface area contributed by atoms with Gasteiger partial charge in [0.15, 0.2) is 0 Å². The summed E-state index contributed by atoms with van der Waals surface area (Å²) in [5, 5.41) is 13.3. The van der Waals surface area contributed by atoms with Gasteiger partial charge in [-0.15, -0.1) is 11.6 Å². The number of urea groups is 1. The average Bonchev–Trinajstić information content (AvgIpc) is 3.20. The minimum absolute atomic E-state index is 0.0389. The standard InChI is InChI=1S/C21H17ClFN3O5S2/c1-11-19(27)13-4-2-3-5-14(13)20(28)26(11)16-7-6-12(10-15(16)23)24-21(29)25-33(30,31)18-9-8-17(22)32-18/h2-7,9-10,17,27H,8H2,1H3,(H2,24,25,29). The number of pyridine rings is 1. The predicted octanol–water partition coefficient (Wildman–Crippen LogP) is 4.14. The molecule has 12 heteroatoms. The van der Waals surface area contributed by atoms with Gasteiger partial charge in [0.25, 0.3) is 15.6 Å². The molecule has 2 amide bonds. The monoisotopic (exact) mass is 509 g/mol. The van der Waals surface area contributed by atoms with Crippen molar-refractivity contribution in [2.75, 3.05) is 5.32 Å². The lowest BCUT2D eigenvalue weighted by molar-refractivity contribution is 0.256. The van der Waals surface area contributed by atoms with Gasteiger partial charge in [-0.25, -0.2) is 22.3 Å². The van der Waals surface area contributed by atoms with Crippen LogP contribution in [0.3, 0.4) is 0 Å². The van der Waals surface area contributed by atoms with Crippen LogP contribution in [-0.2, 0) is 10.0 Å². The van der Waals surface area contributed by atoms with Gasteiger partial charge >= 0.3 is 6.03 Å². The molecule has 2 heterocycles. The number of carbonyl (C=O) groups is 1. The molecule has 0 radical (unpaired) electrons. The predicted molar refractivity (Wildman–Crippen MR) is 127 cm³/mol. The SMILES string of the molecule is Cc1c(O)c2ccccc2c(=O)n1-c1ccc(NC(=O)NS(=O)(=O)C2=CCC(Cl)S2)cc1F. The highest BCUT2D eigenvalue weighted by Crippen LogP contribution is 2.37. The summed E-state index contributed by atoms with van der Waals surface area (Å²) in [6.07, 6.45) is 1.76. The number of nitrogens with one attached hydrogen (secondary N) is 2. The largest absolute Gasteiger partial charge is 0.505 e. The van der Waals surface area contributed by atoms with E-state index in [1.165, 1.54) is 31.2 Å². The van der Waals surface area contributed by atoms with Gasteiger partial charge in [0.2, 0.25) is 0 Å². The van der Waals surface area contributed by atoms with Gasteiger partial charge in [0.05, 0.1) is 21.5 Å². The van der Waals surface area contributed by atoms with Gasteiger partial charge in [-0.2, -0.15) is 0 Å². The molecule has 3 N–H and O–H groups in total. The molecule has 4 rings (SSSR count). The fourth-order valence-electron chi connectivity index (χ4n) is 3.42. The first-order valence-electron chi connectivity index (χ1n) is 9.56. The third-order valence-electron chi connectivity index (χ3n) is 4.95. The van der Waals surface area contributed by atoms with Gasteiger partial charge in [-0.1, -0.05) is 36.0 Å². The molecular formula is C21H17ClFN3O5S2. The molecule has 1 aliphatic heterocycles. The number of thioether (sulfide) groups is 1. The Morgan fingerprint density at radius 1 is 1.24 bits per heavy atom. The number of allylic oxidation sites excluding steroid dienone is 1. The molecule has 1 aliphatic rings. The molecule has 172 valence electrons. The first kappa shape index (κ1) is 23.1. The highest BCUT2D eigenvalue weighted by molar-refractivity contribution is 8.19. The maximum atomic E-state index is 14.9. The van der Waals surface area contributed by atoms with Crippen molar-refractivity contribution in [1.82, 2.24) is 9.29 Å². The molecule has 0 fully saturated rings. The number of hydrogen-bond donors (Lipinski definition) is 3. The Morgan fingerprint density at radius 3 is 2.58 bits per heavy atom. The first-order chi connectivity index (χ1) is 15.6. The molecule has 1 atom stereocenters. The Kier molecular flexibility index (Phi) is 6.12. The van der Waals surface area contributed by atoms with E-state index in [1.807, 2.05) is 4.72 Å². The lowest BCUT2D eigenvalue weighted by Crippen LogP contribution is -2.34. The van der Waals surface area contributed by atoms with Crippen molar-refractivity contribution >= 4 is 55.9 Å². The third-order valence-corrected chi connectivity index (χ3v) is 8.34. The van der Waals surface area contributed by atoms with Crippen LogP contribution in [0.1, 0.15) is 12.1 Å². The van der Waals surface area contributed by atoms with E-state index in [9.17, 15) is 27.5 Å². The van der Waals surface area contributed by atoms with E-state index >= 15 is 0 Å². The van der Waals surface area contributed by atoms with Crippen LogP contribution in [0, 0.1) is 12.7 Å². The Bertz CT molecular complexity index is 1490. The highest BCUT2D eigenvalue weighted by atomic mass is 35.5. The van der Waals surface area contributed by atoms with Crippen LogP contribution in [0.2, 0.25) is 0 Å². The van der Waals surface area contributed by atoms with E-state index < -0.39 is 32.1 Å². The molecule has 2 aromatic carbocycles. The third kappa shape index (κ3) is 4.43. The van der Waals surface area contributed by atoms with Gasteiger partial charge in [-0.3, -0.25) is 9.36 Å². The van der Waals surface area contributed by atoms with Crippen LogP contribution in [-0.4, -0.2) is 28.8 Å². The smallest absolute Gasteiger partial charge is 0.333 e. The molecule has 0 saturated carbocycles. The van der Waals surface area contributed by atoms with E-state index in [4.69, 9.17) is 11.6 Å². The molecule has 3 aromatic rings. The van der Waals surface area contributed by atoms with Crippen LogP contribution >= 0.6 is 23.4 Å². The number of aromatic nitrogens is 1. The van der Waals surface area contributed by atoms with Gasteiger partial charge in [0.1, 0.15) is 15.8 Å². The van der Waals surface area contributed by atoms with E-state index in [2.05, 4.69) is 5.32 Å². The molecule has 8 nitrogen and oxygen atoms in total.